The Morgan fingerprint density at radius 1 is 1.20 bits per heavy atom. The van der Waals surface area contributed by atoms with Crippen molar-refractivity contribution >= 4 is 18.0 Å². The van der Waals surface area contributed by atoms with Gasteiger partial charge in [-0.05, 0) is 23.8 Å². The van der Waals surface area contributed by atoms with Crippen molar-refractivity contribution in [2.24, 2.45) is 0 Å². The van der Waals surface area contributed by atoms with Gasteiger partial charge in [-0.2, -0.15) is 0 Å². The molecule has 1 aliphatic heterocycles. The van der Waals surface area contributed by atoms with Crippen molar-refractivity contribution in [3.8, 4) is 11.5 Å². The molecule has 1 spiro atoms. The minimum absolute atomic E-state index is 0.147. The number of hydrogen-bond acceptors (Lipinski definition) is 9. The normalized spacial score (nSPS) is 30.5. The number of carbonyl (C=O) groups excluding carboxylic acids is 2. The van der Waals surface area contributed by atoms with E-state index in [0.29, 0.717) is 18.4 Å². The van der Waals surface area contributed by atoms with Crippen LogP contribution >= 0.6 is 0 Å². The molecule has 0 amide bonds. The Kier molecular flexibility index (Phi) is 6.07. The van der Waals surface area contributed by atoms with E-state index in [-0.39, 0.29) is 24.3 Å². The lowest BCUT2D eigenvalue weighted by Gasteiger charge is -2.40. The molecule has 9 heteroatoms. The summed E-state index contributed by atoms with van der Waals surface area (Å²) in [6.45, 7) is 3.63. The predicted molar refractivity (Wildman–Crippen MR) is 103 cm³/mol. The summed E-state index contributed by atoms with van der Waals surface area (Å²) in [6.07, 6.45) is -0.963. The first kappa shape index (κ1) is 22.1. The smallest absolute Gasteiger partial charge is 0.341 e. The first-order valence-electron chi connectivity index (χ1n) is 9.84. The van der Waals surface area contributed by atoms with E-state index in [9.17, 15) is 30.0 Å². The van der Waals surface area contributed by atoms with Crippen molar-refractivity contribution in [1.82, 2.24) is 0 Å². The Morgan fingerprint density at radius 2 is 1.90 bits per heavy atom. The second kappa shape index (κ2) is 8.25. The number of esters is 2. The van der Waals surface area contributed by atoms with E-state index in [1.807, 2.05) is 13.8 Å². The maximum atomic E-state index is 12.6. The maximum absolute atomic E-state index is 12.6. The Morgan fingerprint density at radius 3 is 2.50 bits per heavy atom. The lowest BCUT2D eigenvalue weighted by Crippen LogP contribution is -2.56. The van der Waals surface area contributed by atoms with E-state index < -0.39 is 41.6 Å². The third kappa shape index (κ3) is 4.14. The highest BCUT2D eigenvalue weighted by molar-refractivity contribution is 5.87. The van der Waals surface area contributed by atoms with Crippen LogP contribution in [-0.2, 0) is 23.8 Å². The van der Waals surface area contributed by atoms with Gasteiger partial charge in [0.05, 0.1) is 6.10 Å². The quantitative estimate of drug-likeness (QED) is 0.314. The van der Waals surface area contributed by atoms with E-state index in [0.717, 1.165) is 6.08 Å². The Hall–Kier alpha value is -2.62. The molecule has 4 N–H and O–H groups in total. The van der Waals surface area contributed by atoms with E-state index in [1.165, 1.54) is 24.3 Å². The second-order valence-electron chi connectivity index (χ2n) is 7.63. The summed E-state index contributed by atoms with van der Waals surface area (Å²) in [5.74, 6) is -3.20. The number of hydrogen-bond donors (Lipinski definition) is 4. The molecule has 0 aromatic heterocycles. The van der Waals surface area contributed by atoms with Gasteiger partial charge in [-0.1, -0.05) is 19.9 Å². The Bertz CT molecular complexity index is 845. The zero-order chi connectivity index (χ0) is 22.1. The van der Waals surface area contributed by atoms with E-state index >= 15 is 0 Å². The van der Waals surface area contributed by atoms with Crippen LogP contribution in [0.15, 0.2) is 24.3 Å². The molecule has 1 aliphatic carbocycles. The molecule has 0 unspecified atom stereocenters. The van der Waals surface area contributed by atoms with Crippen LogP contribution < -0.4 is 0 Å². The number of phenolic OH excluding ortho intramolecular Hbond substituents is 2. The van der Waals surface area contributed by atoms with Gasteiger partial charge in [0.1, 0.15) is 12.2 Å². The number of rotatable bonds is 5. The molecule has 1 saturated heterocycles. The highest BCUT2D eigenvalue weighted by Crippen LogP contribution is 2.45. The molecule has 2 aliphatic rings. The number of ether oxygens (including phenoxy) is 3. The predicted octanol–water partition coefficient (Wildman–Crippen LogP) is 1.37. The SMILES string of the molecule is CCC1(CC)OC(=O)[C@]2(C[C@@H](O)[C@H](O)[C@H](OC(=O)/C=C/c3ccc(O)c(O)c3)C2)O1. The van der Waals surface area contributed by atoms with Gasteiger partial charge in [0.15, 0.2) is 17.1 Å². The molecular formula is C21H26O9. The fourth-order valence-electron chi connectivity index (χ4n) is 3.81. The van der Waals surface area contributed by atoms with Gasteiger partial charge in [-0.3, -0.25) is 0 Å². The molecule has 0 bridgehead atoms. The molecule has 1 aromatic carbocycles. The lowest BCUT2D eigenvalue weighted by atomic mass is 9.79. The summed E-state index contributed by atoms with van der Waals surface area (Å²) in [4.78, 5) is 24.8. The molecule has 0 radical (unpaired) electrons. The van der Waals surface area contributed by atoms with Crippen molar-refractivity contribution in [1.29, 1.82) is 0 Å². The maximum Gasteiger partial charge on any atom is 0.341 e. The Balaban J connectivity index is 1.73. The molecule has 164 valence electrons. The van der Waals surface area contributed by atoms with Crippen molar-refractivity contribution in [3.05, 3.63) is 29.8 Å². The van der Waals surface area contributed by atoms with Crippen LogP contribution in [0.25, 0.3) is 6.08 Å². The molecule has 1 saturated carbocycles. The van der Waals surface area contributed by atoms with Gasteiger partial charge in [0.2, 0.25) is 5.79 Å². The lowest BCUT2D eigenvalue weighted by molar-refractivity contribution is -0.223. The molecular weight excluding hydrogens is 396 g/mol. The fourth-order valence-corrected chi connectivity index (χ4v) is 3.81. The van der Waals surface area contributed by atoms with E-state index in [1.54, 1.807) is 0 Å². The number of cyclic esters (lactones) is 1. The molecule has 1 aromatic rings. The zero-order valence-electron chi connectivity index (χ0n) is 16.8. The van der Waals surface area contributed by atoms with E-state index in [4.69, 9.17) is 14.2 Å². The van der Waals surface area contributed by atoms with Crippen LogP contribution in [0.3, 0.4) is 0 Å². The summed E-state index contributed by atoms with van der Waals surface area (Å²) < 4.78 is 16.7. The van der Waals surface area contributed by atoms with Crippen molar-refractivity contribution in [3.63, 3.8) is 0 Å². The van der Waals surface area contributed by atoms with Crippen LogP contribution in [0.2, 0.25) is 0 Å². The van der Waals surface area contributed by atoms with Gasteiger partial charge in [-0.25, -0.2) is 9.59 Å². The van der Waals surface area contributed by atoms with Gasteiger partial charge in [0, 0.05) is 31.8 Å². The molecule has 2 fully saturated rings. The Labute approximate surface area is 173 Å². The summed E-state index contributed by atoms with van der Waals surface area (Å²) in [5.41, 5.74) is -1.07. The van der Waals surface area contributed by atoms with Crippen LogP contribution in [0.5, 0.6) is 11.5 Å². The van der Waals surface area contributed by atoms with E-state index in [2.05, 4.69) is 0 Å². The molecule has 30 heavy (non-hydrogen) atoms. The number of phenols is 2. The summed E-state index contributed by atoms with van der Waals surface area (Å²) >= 11 is 0. The van der Waals surface area contributed by atoms with Crippen LogP contribution in [-0.4, -0.2) is 62.1 Å². The number of aliphatic hydroxyl groups is 2. The van der Waals surface area contributed by atoms with Crippen molar-refractivity contribution in [2.75, 3.05) is 0 Å². The highest BCUT2D eigenvalue weighted by atomic mass is 16.8. The fraction of sp³-hybridized carbons (Fsp3) is 0.524. The third-order valence-corrected chi connectivity index (χ3v) is 5.63. The van der Waals surface area contributed by atoms with Gasteiger partial charge >= 0.3 is 11.9 Å². The van der Waals surface area contributed by atoms with Crippen LogP contribution in [0, 0.1) is 0 Å². The molecule has 1 heterocycles. The standard InChI is InChI=1S/C21H26O9/c1-3-21(4-2)29-19(27)20(30-21)10-15(24)18(26)16(11-20)28-17(25)8-6-12-5-7-13(22)14(23)9-12/h5-9,15-16,18,22-24,26H,3-4,10-11H2,1-2H3/b8-6+/t15-,16-,18+,20-/m1/s1. The second-order valence-corrected chi connectivity index (χ2v) is 7.63. The number of benzene rings is 1. The first-order chi connectivity index (χ1) is 14.1. The van der Waals surface area contributed by atoms with Crippen LogP contribution in [0.4, 0.5) is 0 Å². The van der Waals surface area contributed by atoms with Crippen LogP contribution in [0.1, 0.15) is 45.1 Å². The van der Waals surface area contributed by atoms with Gasteiger partial charge in [-0.15, -0.1) is 0 Å². The minimum atomic E-state index is -1.50. The average Bonchev–Trinajstić information content (AvgIpc) is 2.98. The molecule has 3 rings (SSSR count). The topological polar surface area (TPSA) is 143 Å². The minimum Gasteiger partial charge on any atom is -0.504 e. The number of aromatic hydroxyl groups is 2. The summed E-state index contributed by atoms with van der Waals surface area (Å²) in [6, 6.07) is 4.00. The van der Waals surface area contributed by atoms with Gasteiger partial charge in [0.25, 0.3) is 0 Å². The number of aliphatic hydroxyl groups excluding tert-OH is 2. The summed E-state index contributed by atoms with van der Waals surface area (Å²) in [7, 11) is 0. The zero-order valence-corrected chi connectivity index (χ0v) is 16.8. The molecule has 4 atom stereocenters. The summed E-state index contributed by atoms with van der Waals surface area (Å²) in [5, 5.41) is 39.4. The molecule has 9 nitrogen and oxygen atoms in total. The van der Waals surface area contributed by atoms with Crippen molar-refractivity contribution in [2.45, 2.75) is 69.2 Å². The monoisotopic (exact) mass is 422 g/mol. The number of carbonyl (C=O) groups is 2. The third-order valence-electron chi connectivity index (χ3n) is 5.63. The largest absolute Gasteiger partial charge is 0.504 e. The first-order valence-corrected chi connectivity index (χ1v) is 9.84. The van der Waals surface area contributed by atoms with Gasteiger partial charge < -0.3 is 34.6 Å². The van der Waals surface area contributed by atoms with Crippen molar-refractivity contribution < 1.29 is 44.2 Å². The average molecular weight is 422 g/mol. The highest BCUT2D eigenvalue weighted by Gasteiger charge is 2.62.